The number of ether oxygens (including phenoxy) is 3. The van der Waals surface area contributed by atoms with E-state index in [1.54, 1.807) is 37.1 Å². The molecule has 1 unspecified atom stereocenters. The van der Waals surface area contributed by atoms with Crippen LogP contribution < -0.4 is 4.57 Å². The molecule has 1 aromatic heterocycles. The first-order valence-corrected chi connectivity index (χ1v) is 5.50. The Bertz CT molecular complexity index is 377. The first-order chi connectivity index (χ1) is 8.10. The summed E-state index contributed by atoms with van der Waals surface area (Å²) >= 11 is 0. The first kappa shape index (κ1) is 13.7. The van der Waals surface area contributed by atoms with Gasteiger partial charge in [0.15, 0.2) is 0 Å². The van der Waals surface area contributed by atoms with E-state index in [9.17, 15) is 4.79 Å². The van der Waals surface area contributed by atoms with Crippen LogP contribution in [0.3, 0.4) is 0 Å². The number of carbonyl (C=O) groups is 1. The fraction of sp³-hybridized carbons (Fsp3) is 0.636. The van der Waals surface area contributed by atoms with E-state index >= 15 is 0 Å². The molecule has 0 saturated carbocycles. The molecular formula is C11H19N2O4+. The van der Waals surface area contributed by atoms with Crippen LogP contribution in [0.25, 0.3) is 0 Å². The Labute approximate surface area is 101 Å². The second-order valence-corrected chi connectivity index (χ2v) is 3.43. The molecule has 17 heavy (non-hydrogen) atoms. The van der Waals surface area contributed by atoms with E-state index in [1.165, 1.54) is 11.7 Å². The van der Waals surface area contributed by atoms with Crippen LogP contribution in [0.1, 0.15) is 13.8 Å². The minimum Gasteiger partial charge on any atom is -0.459 e. The molecule has 0 aliphatic heterocycles. The van der Waals surface area contributed by atoms with Crippen LogP contribution in [0.5, 0.6) is 0 Å². The van der Waals surface area contributed by atoms with Crippen LogP contribution in [-0.4, -0.2) is 30.9 Å². The summed E-state index contributed by atoms with van der Waals surface area (Å²) in [6.07, 6.45) is 5.16. The van der Waals surface area contributed by atoms with Crippen molar-refractivity contribution in [1.82, 2.24) is 4.57 Å². The average Bonchev–Trinajstić information content (AvgIpc) is 2.73. The van der Waals surface area contributed by atoms with Gasteiger partial charge in [0, 0.05) is 7.11 Å². The van der Waals surface area contributed by atoms with E-state index in [-0.39, 0.29) is 6.61 Å². The van der Waals surface area contributed by atoms with Gasteiger partial charge in [0.05, 0.1) is 20.3 Å². The minimum absolute atomic E-state index is 0.268. The Morgan fingerprint density at radius 1 is 1.41 bits per heavy atom. The number of aryl methyl sites for hydroxylation is 1. The molecule has 6 nitrogen and oxygen atoms in total. The van der Waals surface area contributed by atoms with Gasteiger partial charge in [-0.25, -0.2) is 9.36 Å². The number of hydrogen-bond donors (Lipinski definition) is 0. The predicted molar refractivity (Wildman–Crippen MR) is 58.9 cm³/mol. The lowest BCUT2D eigenvalue weighted by atomic mass is 10.4. The molecule has 0 aliphatic rings. The van der Waals surface area contributed by atoms with Crippen LogP contribution in [0.15, 0.2) is 18.7 Å². The zero-order valence-electron chi connectivity index (χ0n) is 10.7. The Balaban J connectivity index is 3.12. The maximum atomic E-state index is 12.0. The molecule has 0 bridgehead atoms. The fourth-order valence-corrected chi connectivity index (χ4v) is 1.53. The van der Waals surface area contributed by atoms with Crippen molar-refractivity contribution in [3.8, 4) is 0 Å². The van der Waals surface area contributed by atoms with Crippen molar-refractivity contribution in [3.63, 3.8) is 0 Å². The molecule has 96 valence electrons. The molecule has 0 spiro atoms. The molecular weight excluding hydrogens is 224 g/mol. The summed E-state index contributed by atoms with van der Waals surface area (Å²) in [4.78, 5) is 12.0. The molecule has 1 heterocycles. The zero-order valence-corrected chi connectivity index (χ0v) is 10.7. The summed E-state index contributed by atoms with van der Waals surface area (Å²) in [5.41, 5.74) is 0. The van der Waals surface area contributed by atoms with Gasteiger partial charge in [-0.2, -0.15) is 4.57 Å². The highest BCUT2D eigenvalue weighted by molar-refractivity contribution is 5.75. The average molecular weight is 243 g/mol. The van der Waals surface area contributed by atoms with Crippen molar-refractivity contribution in [2.75, 3.05) is 20.3 Å². The van der Waals surface area contributed by atoms with Gasteiger partial charge in [0.2, 0.25) is 6.33 Å². The highest BCUT2D eigenvalue weighted by atomic mass is 16.7. The highest BCUT2D eigenvalue weighted by Gasteiger charge is 2.49. The summed E-state index contributed by atoms with van der Waals surface area (Å²) in [6, 6.07) is 0. The largest absolute Gasteiger partial charge is 0.459 e. The summed E-state index contributed by atoms with van der Waals surface area (Å²) < 4.78 is 19.0. The Hall–Kier alpha value is -1.40. The third-order valence-corrected chi connectivity index (χ3v) is 2.26. The molecule has 0 aliphatic carbocycles. The second-order valence-electron chi connectivity index (χ2n) is 3.43. The standard InChI is InChI=1S/C11H19N2O4/c1-5-16-10(14)11(15-4,17-6-2)13-8-7-12(3)9-13/h7-9H,5-6H2,1-4H3/q+1. The van der Waals surface area contributed by atoms with Gasteiger partial charge in [0.1, 0.15) is 12.4 Å². The van der Waals surface area contributed by atoms with Gasteiger partial charge in [-0.1, -0.05) is 0 Å². The van der Waals surface area contributed by atoms with Crippen LogP contribution >= 0.6 is 0 Å². The summed E-state index contributed by atoms with van der Waals surface area (Å²) in [5, 5.41) is 0. The normalized spacial score (nSPS) is 14.4. The number of imidazole rings is 1. The molecule has 0 radical (unpaired) electrons. The van der Waals surface area contributed by atoms with Crippen molar-refractivity contribution >= 4 is 5.97 Å². The van der Waals surface area contributed by atoms with Crippen molar-refractivity contribution in [2.45, 2.75) is 19.8 Å². The number of nitrogens with zero attached hydrogens (tertiary/aromatic N) is 2. The maximum Gasteiger partial charge on any atom is 0.430 e. The van der Waals surface area contributed by atoms with Gasteiger partial charge < -0.3 is 14.2 Å². The lowest BCUT2D eigenvalue weighted by molar-refractivity contribution is -0.671. The van der Waals surface area contributed by atoms with Crippen LogP contribution in [-0.2, 0) is 32.0 Å². The monoisotopic (exact) mass is 243 g/mol. The lowest BCUT2D eigenvalue weighted by Gasteiger charge is -2.25. The number of methoxy groups -OCH3 is 1. The van der Waals surface area contributed by atoms with Crippen LogP contribution in [0.4, 0.5) is 0 Å². The van der Waals surface area contributed by atoms with Gasteiger partial charge in [-0.15, -0.1) is 0 Å². The van der Waals surface area contributed by atoms with Crippen molar-refractivity contribution < 1.29 is 23.6 Å². The Kier molecular flexibility index (Phi) is 4.65. The first-order valence-electron chi connectivity index (χ1n) is 5.50. The van der Waals surface area contributed by atoms with Crippen LogP contribution in [0.2, 0.25) is 0 Å². The number of carbonyl (C=O) groups excluding carboxylic acids is 1. The van der Waals surface area contributed by atoms with E-state index < -0.39 is 11.9 Å². The molecule has 0 N–H and O–H groups in total. The van der Waals surface area contributed by atoms with Crippen molar-refractivity contribution in [3.05, 3.63) is 18.7 Å². The SMILES string of the molecule is CCOC(=O)C(OC)(OCC)n1cc[n+](C)c1. The molecule has 1 atom stereocenters. The number of hydrogen-bond acceptors (Lipinski definition) is 4. The highest BCUT2D eigenvalue weighted by Crippen LogP contribution is 2.21. The Morgan fingerprint density at radius 3 is 2.53 bits per heavy atom. The minimum atomic E-state index is -1.55. The molecule has 1 aromatic rings. The smallest absolute Gasteiger partial charge is 0.430 e. The molecule has 0 saturated heterocycles. The topological polar surface area (TPSA) is 53.6 Å². The molecule has 0 aromatic carbocycles. The maximum absolute atomic E-state index is 12.0. The van der Waals surface area contributed by atoms with E-state index in [1.807, 2.05) is 7.05 Å². The summed E-state index contributed by atoms with van der Waals surface area (Å²) in [5.74, 6) is -2.12. The lowest BCUT2D eigenvalue weighted by Crippen LogP contribution is -2.47. The van der Waals surface area contributed by atoms with E-state index in [4.69, 9.17) is 14.2 Å². The number of aromatic nitrogens is 2. The van der Waals surface area contributed by atoms with Gasteiger partial charge in [-0.05, 0) is 13.8 Å². The summed E-state index contributed by atoms with van der Waals surface area (Å²) in [6.45, 7) is 4.12. The molecule has 1 rings (SSSR count). The van der Waals surface area contributed by atoms with Gasteiger partial charge in [-0.3, -0.25) is 0 Å². The molecule has 6 heteroatoms. The molecule has 0 fully saturated rings. The third kappa shape index (κ3) is 2.65. The third-order valence-electron chi connectivity index (χ3n) is 2.26. The molecule has 0 amide bonds. The number of rotatable bonds is 6. The van der Waals surface area contributed by atoms with Gasteiger partial charge >= 0.3 is 11.9 Å². The second kappa shape index (κ2) is 5.79. The van der Waals surface area contributed by atoms with Gasteiger partial charge in [0.25, 0.3) is 0 Å². The Morgan fingerprint density at radius 2 is 2.12 bits per heavy atom. The van der Waals surface area contributed by atoms with E-state index in [0.29, 0.717) is 6.61 Å². The fourth-order valence-electron chi connectivity index (χ4n) is 1.53. The van der Waals surface area contributed by atoms with E-state index in [2.05, 4.69) is 0 Å². The summed E-state index contributed by atoms with van der Waals surface area (Å²) in [7, 11) is 3.25. The predicted octanol–water partition coefficient (Wildman–Crippen LogP) is 0.169. The van der Waals surface area contributed by atoms with E-state index in [0.717, 1.165) is 0 Å². The van der Waals surface area contributed by atoms with Crippen LogP contribution in [0, 0.1) is 0 Å². The van der Waals surface area contributed by atoms with Crippen molar-refractivity contribution in [2.24, 2.45) is 7.05 Å². The zero-order chi connectivity index (χ0) is 12.9. The number of esters is 1. The van der Waals surface area contributed by atoms with Crippen molar-refractivity contribution in [1.29, 1.82) is 0 Å². The quantitative estimate of drug-likeness (QED) is 0.406.